The average Bonchev–Trinajstić information content (AvgIpc) is 2.96. The van der Waals surface area contributed by atoms with Gasteiger partial charge in [0.2, 0.25) is 0 Å². The van der Waals surface area contributed by atoms with Crippen molar-refractivity contribution < 1.29 is 22.3 Å². The molecule has 6 heteroatoms. The van der Waals surface area contributed by atoms with E-state index < -0.39 is 17.4 Å². The second-order valence-corrected chi connectivity index (χ2v) is 6.57. The van der Waals surface area contributed by atoms with Crippen molar-refractivity contribution in [3.05, 3.63) is 63.5 Å². The number of benzene rings is 2. The van der Waals surface area contributed by atoms with Gasteiger partial charge in [0.15, 0.2) is 0 Å². The van der Waals surface area contributed by atoms with Gasteiger partial charge in [-0.2, -0.15) is 13.2 Å². The molecule has 0 spiro atoms. The first-order valence-corrected chi connectivity index (χ1v) is 8.17. The summed E-state index contributed by atoms with van der Waals surface area (Å²) in [6, 6.07) is 8.06. The number of halogens is 3. The lowest BCUT2D eigenvalue weighted by Gasteiger charge is -2.13. The molecule has 3 aromatic rings. The van der Waals surface area contributed by atoms with Crippen LogP contribution in [0, 0.1) is 6.92 Å². The molecular formula is C20H15F3O3. The number of hydrogen-bond donors (Lipinski definition) is 0. The van der Waals surface area contributed by atoms with Crippen LogP contribution in [0.4, 0.5) is 13.2 Å². The molecule has 4 rings (SSSR count). The molecule has 0 amide bonds. The molecule has 1 aliphatic heterocycles. The van der Waals surface area contributed by atoms with Crippen LogP contribution in [0.5, 0.6) is 5.75 Å². The number of rotatable bonds is 1. The van der Waals surface area contributed by atoms with Gasteiger partial charge in [-0.3, -0.25) is 0 Å². The molecule has 0 N–H and O–H groups in total. The summed E-state index contributed by atoms with van der Waals surface area (Å²) in [5.41, 5.74) is 1.38. The van der Waals surface area contributed by atoms with Crippen LogP contribution in [-0.2, 0) is 6.18 Å². The van der Waals surface area contributed by atoms with Crippen LogP contribution in [0.2, 0.25) is 0 Å². The van der Waals surface area contributed by atoms with Crippen molar-refractivity contribution in [1.82, 2.24) is 0 Å². The Bertz CT molecular complexity index is 1080. The first kappa shape index (κ1) is 16.7. The summed E-state index contributed by atoms with van der Waals surface area (Å²) in [5, 5.41) is 0.609. The molecule has 0 saturated heterocycles. The Kier molecular flexibility index (Phi) is 3.61. The van der Waals surface area contributed by atoms with Crippen LogP contribution in [0.3, 0.4) is 0 Å². The molecular weight excluding hydrogens is 345 g/mol. The molecule has 1 atom stereocenters. The van der Waals surface area contributed by atoms with E-state index in [0.29, 0.717) is 40.0 Å². The monoisotopic (exact) mass is 360 g/mol. The van der Waals surface area contributed by atoms with E-state index in [0.717, 1.165) is 17.7 Å². The second kappa shape index (κ2) is 5.62. The van der Waals surface area contributed by atoms with Gasteiger partial charge in [-0.05, 0) is 36.2 Å². The number of hydrogen-bond acceptors (Lipinski definition) is 3. The van der Waals surface area contributed by atoms with Gasteiger partial charge in [0.05, 0.1) is 12.2 Å². The highest BCUT2D eigenvalue weighted by molar-refractivity contribution is 5.96. The Hall–Kier alpha value is -2.76. The van der Waals surface area contributed by atoms with Crippen LogP contribution in [0.15, 0.2) is 45.6 Å². The van der Waals surface area contributed by atoms with E-state index in [1.807, 2.05) is 13.0 Å². The third-order valence-electron chi connectivity index (χ3n) is 4.75. The standard InChI is InChI=1S/C20H15F3O3/c1-10-9-25-18-11(2)19-16(7-14(10)18)15(8-17(24)26-19)12-4-3-5-13(6-12)20(21,22)23/h3-8,10H,9H2,1-2H3. The predicted molar refractivity (Wildman–Crippen MR) is 91.6 cm³/mol. The minimum atomic E-state index is -4.45. The summed E-state index contributed by atoms with van der Waals surface area (Å²) >= 11 is 0. The van der Waals surface area contributed by atoms with Gasteiger partial charge in [-0.15, -0.1) is 0 Å². The molecule has 134 valence electrons. The van der Waals surface area contributed by atoms with Gasteiger partial charge in [0, 0.05) is 28.5 Å². The Morgan fingerprint density at radius 1 is 1.15 bits per heavy atom. The molecule has 0 saturated carbocycles. The van der Waals surface area contributed by atoms with Crippen molar-refractivity contribution in [1.29, 1.82) is 0 Å². The molecule has 26 heavy (non-hydrogen) atoms. The van der Waals surface area contributed by atoms with E-state index >= 15 is 0 Å². The minimum absolute atomic E-state index is 0.161. The lowest BCUT2D eigenvalue weighted by molar-refractivity contribution is -0.137. The number of fused-ring (bicyclic) bond motifs is 2. The molecule has 0 aliphatic carbocycles. The van der Waals surface area contributed by atoms with Crippen LogP contribution in [0.25, 0.3) is 22.1 Å². The van der Waals surface area contributed by atoms with Crippen LogP contribution in [-0.4, -0.2) is 6.61 Å². The number of alkyl halides is 3. The third-order valence-corrected chi connectivity index (χ3v) is 4.75. The minimum Gasteiger partial charge on any atom is -0.492 e. The number of aryl methyl sites for hydroxylation is 1. The van der Waals surface area contributed by atoms with Gasteiger partial charge in [-0.25, -0.2) is 4.79 Å². The molecule has 1 aliphatic rings. The summed E-state index contributed by atoms with van der Waals surface area (Å²) in [7, 11) is 0. The average molecular weight is 360 g/mol. The zero-order valence-corrected chi connectivity index (χ0v) is 14.1. The summed E-state index contributed by atoms with van der Waals surface area (Å²) in [5.74, 6) is 0.851. The van der Waals surface area contributed by atoms with Crippen LogP contribution >= 0.6 is 0 Å². The van der Waals surface area contributed by atoms with Crippen molar-refractivity contribution in [2.45, 2.75) is 25.9 Å². The molecule has 1 unspecified atom stereocenters. The SMILES string of the molecule is Cc1c2c(cc3c(-c4cccc(C(F)(F)F)c4)cc(=O)oc13)C(C)CO2. The Morgan fingerprint density at radius 2 is 1.92 bits per heavy atom. The lowest BCUT2D eigenvalue weighted by atomic mass is 9.94. The highest BCUT2D eigenvalue weighted by Gasteiger charge is 2.31. The van der Waals surface area contributed by atoms with E-state index in [4.69, 9.17) is 9.15 Å². The lowest BCUT2D eigenvalue weighted by Crippen LogP contribution is -2.05. The largest absolute Gasteiger partial charge is 0.492 e. The fourth-order valence-corrected chi connectivity index (χ4v) is 3.42. The molecule has 0 bridgehead atoms. The summed E-state index contributed by atoms with van der Waals surface area (Å²) in [4.78, 5) is 12.0. The highest BCUT2D eigenvalue weighted by atomic mass is 19.4. The summed E-state index contributed by atoms with van der Waals surface area (Å²) in [6.07, 6.45) is -4.45. The van der Waals surface area contributed by atoms with E-state index in [1.165, 1.54) is 12.1 Å². The third kappa shape index (κ3) is 2.57. The maximum atomic E-state index is 13.1. The van der Waals surface area contributed by atoms with Gasteiger partial charge in [-0.1, -0.05) is 19.1 Å². The topological polar surface area (TPSA) is 39.4 Å². The maximum Gasteiger partial charge on any atom is 0.416 e. The molecule has 0 radical (unpaired) electrons. The van der Waals surface area contributed by atoms with E-state index in [1.54, 1.807) is 13.0 Å². The number of ether oxygens (including phenoxy) is 1. The van der Waals surface area contributed by atoms with Crippen LogP contribution < -0.4 is 10.4 Å². The Balaban J connectivity index is 2.04. The zero-order chi connectivity index (χ0) is 18.6. The van der Waals surface area contributed by atoms with Crippen molar-refractivity contribution in [3.8, 4) is 16.9 Å². The smallest absolute Gasteiger partial charge is 0.416 e. The van der Waals surface area contributed by atoms with Gasteiger partial charge >= 0.3 is 11.8 Å². The van der Waals surface area contributed by atoms with E-state index in [2.05, 4.69) is 0 Å². The van der Waals surface area contributed by atoms with Crippen molar-refractivity contribution >= 4 is 11.0 Å². The van der Waals surface area contributed by atoms with Crippen molar-refractivity contribution in [2.24, 2.45) is 0 Å². The Morgan fingerprint density at radius 3 is 2.65 bits per heavy atom. The summed E-state index contributed by atoms with van der Waals surface area (Å²) < 4.78 is 50.3. The summed E-state index contributed by atoms with van der Waals surface area (Å²) in [6.45, 7) is 4.33. The zero-order valence-electron chi connectivity index (χ0n) is 14.1. The van der Waals surface area contributed by atoms with Gasteiger partial charge in [0.25, 0.3) is 0 Å². The van der Waals surface area contributed by atoms with Crippen molar-refractivity contribution in [2.75, 3.05) is 6.61 Å². The molecule has 0 fully saturated rings. The van der Waals surface area contributed by atoms with E-state index in [9.17, 15) is 18.0 Å². The molecule has 2 heterocycles. The predicted octanol–water partition coefficient (Wildman–Crippen LogP) is 5.28. The molecule has 2 aromatic carbocycles. The quantitative estimate of drug-likeness (QED) is 0.554. The highest BCUT2D eigenvalue weighted by Crippen LogP contribution is 2.43. The van der Waals surface area contributed by atoms with E-state index in [-0.39, 0.29) is 5.92 Å². The van der Waals surface area contributed by atoms with Crippen LogP contribution in [0.1, 0.15) is 29.5 Å². The van der Waals surface area contributed by atoms with Gasteiger partial charge < -0.3 is 9.15 Å². The first-order chi connectivity index (χ1) is 12.3. The second-order valence-electron chi connectivity index (χ2n) is 6.57. The molecule has 1 aromatic heterocycles. The first-order valence-electron chi connectivity index (χ1n) is 8.17. The fraction of sp³-hybridized carbons (Fsp3) is 0.250. The maximum absolute atomic E-state index is 13.1. The Labute approximate surface area is 147 Å². The normalized spacial score (nSPS) is 16.6. The molecule has 3 nitrogen and oxygen atoms in total. The van der Waals surface area contributed by atoms with Gasteiger partial charge in [0.1, 0.15) is 11.3 Å². The van der Waals surface area contributed by atoms with Crippen molar-refractivity contribution in [3.63, 3.8) is 0 Å². The fourth-order valence-electron chi connectivity index (χ4n) is 3.42.